The van der Waals surface area contributed by atoms with Crippen LogP contribution in [0.15, 0.2) is 22.7 Å². The predicted octanol–water partition coefficient (Wildman–Crippen LogP) is 4.60. The molecule has 1 aromatic rings. The van der Waals surface area contributed by atoms with E-state index in [2.05, 4.69) is 22.0 Å². The molecule has 20 heavy (non-hydrogen) atoms. The van der Waals surface area contributed by atoms with Gasteiger partial charge in [0.25, 0.3) is 0 Å². The summed E-state index contributed by atoms with van der Waals surface area (Å²) in [5, 5.41) is 18.6. The lowest BCUT2D eigenvalue weighted by molar-refractivity contribution is 0.190. The first-order valence-electron chi connectivity index (χ1n) is 6.87. The van der Waals surface area contributed by atoms with Crippen molar-refractivity contribution in [3.8, 4) is 11.8 Å². The van der Waals surface area contributed by atoms with Crippen LogP contribution in [0.2, 0.25) is 0 Å². The molecule has 0 radical (unpaired) electrons. The average molecular weight is 340 g/mol. The van der Waals surface area contributed by atoms with Crippen LogP contribution >= 0.6 is 15.9 Å². The molecule has 0 heterocycles. The fraction of sp³-hybridized carbons (Fsp3) is 0.562. The molecular formula is C16H22BrNO2. The van der Waals surface area contributed by atoms with E-state index in [1.165, 1.54) is 0 Å². The van der Waals surface area contributed by atoms with Gasteiger partial charge in [-0.2, -0.15) is 5.26 Å². The Kier molecular flexibility index (Phi) is 6.51. The maximum absolute atomic E-state index is 9.71. The van der Waals surface area contributed by atoms with Crippen LogP contribution in [0.3, 0.4) is 0 Å². The van der Waals surface area contributed by atoms with Crippen molar-refractivity contribution in [1.82, 2.24) is 0 Å². The smallest absolute Gasteiger partial charge is 0.126 e. The Morgan fingerprint density at radius 3 is 2.70 bits per heavy atom. The standard InChI is InChI=1S/C16H22BrNO2/c1-12(19)14-7-6-13(17)10-15(14)20-9-5-4-8-16(2,3)11-18/h6-7,10,12,19H,4-5,8-9H2,1-3H3. The summed E-state index contributed by atoms with van der Waals surface area (Å²) in [5.41, 5.74) is 0.533. The van der Waals surface area contributed by atoms with E-state index in [9.17, 15) is 5.11 Å². The van der Waals surface area contributed by atoms with E-state index in [1.807, 2.05) is 32.0 Å². The molecule has 0 fully saturated rings. The molecule has 0 saturated heterocycles. The molecule has 0 aliphatic carbocycles. The number of nitriles is 1. The lowest BCUT2D eigenvalue weighted by Crippen LogP contribution is -2.08. The highest BCUT2D eigenvalue weighted by atomic mass is 79.9. The fourth-order valence-electron chi connectivity index (χ4n) is 1.89. The first kappa shape index (κ1) is 17.0. The topological polar surface area (TPSA) is 53.2 Å². The zero-order chi connectivity index (χ0) is 15.2. The van der Waals surface area contributed by atoms with E-state index in [0.29, 0.717) is 12.4 Å². The van der Waals surface area contributed by atoms with Crippen LogP contribution < -0.4 is 4.74 Å². The van der Waals surface area contributed by atoms with Crippen molar-refractivity contribution in [2.75, 3.05) is 6.61 Å². The summed E-state index contributed by atoms with van der Waals surface area (Å²) in [6.07, 6.45) is 2.18. The summed E-state index contributed by atoms with van der Waals surface area (Å²) in [5.74, 6) is 0.717. The zero-order valence-corrected chi connectivity index (χ0v) is 13.9. The molecule has 0 aliphatic heterocycles. The van der Waals surface area contributed by atoms with Crippen LogP contribution in [-0.4, -0.2) is 11.7 Å². The first-order valence-corrected chi connectivity index (χ1v) is 7.66. The minimum absolute atomic E-state index is 0.263. The third-order valence-electron chi connectivity index (χ3n) is 3.18. The van der Waals surface area contributed by atoms with E-state index in [0.717, 1.165) is 29.3 Å². The minimum atomic E-state index is -0.546. The Hall–Kier alpha value is -1.05. The van der Waals surface area contributed by atoms with Gasteiger partial charge in [-0.3, -0.25) is 0 Å². The van der Waals surface area contributed by atoms with E-state index in [-0.39, 0.29) is 5.41 Å². The second-order valence-corrected chi connectivity index (χ2v) is 6.58. The minimum Gasteiger partial charge on any atom is -0.493 e. The van der Waals surface area contributed by atoms with Gasteiger partial charge in [-0.1, -0.05) is 22.0 Å². The lowest BCUT2D eigenvalue weighted by Gasteiger charge is -2.16. The molecule has 0 amide bonds. The van der Waals surface area contributed by atoms with Crippen LogP contribution in [0, 0.1) is 16.7 Å². The van der Waals surface area contributed by atoms with E-state index in [4.69, 9.17) is 10.00 Å². The van der Waals surface area contributed by atoms with Crippen LogP contribution in [0.1, 0.15) is 51.7 Å². The van der Waals surface area contributed by atoms with Gasteiger partial charge < -0.3 is 9.84 Å². The van der Waals surface area contributed by atoms with E-state index >= 15 is 0 Å². The van der Waals surface area contributed by atoms with Crippen molar-refractivity contribution < 1.29 is 9.84 Å². The summed E-state index contributed by atoms with van der Waals surface area (Å²) < 4.78 is 6.69. The lowest BCUT2D eigenvalue weighted by atomic mass is 9.89. The molecular weight excluding hydrogens is 318 g/mol. The number of benzene rings is 1. The van der Waals surface area contributed by atoms with E-state index < -0.39 is 6.10 Å². The molecule has 1 atom stereocenters. The van der Waals surface area contributed by atoms with Crippen molar-refractivity contribution in [2.24, 2.45) is 5.41 Å². The number of ether oxygens (including phenoxy) is 1. The molecule has 0 aromatic heterocycles. The number of hydrogen-bond acceptors (Lipinski definition) is 3. The van der Waals surface area contributed by atoms with Crippen molar-refractivity contribution in [3.05, 3.63) is 28.2 Å². The molecule has 1 N–H and O–H groups in total. The summed E-state index contributed by atoms with van der Waals surface area (Å²) in [4.78, 5) is 0. The van der Waals surface area contributed by atoms with Gasteiger partial charge in [0.2, 0.25) is 0 Å². The second kappa shape index (κ2) is 7.66. The molecule has 4 heteroatoms. The highest BCUT2D eigenvalue weighted by Crippen LogP contribution is 2.29. The normalized spacial score (nSPS) is 12.8. The Morgan fingerprint density at radius 1 is 1.40 bits per heavy atom. The summed E-state index contributed by atoms with van der Waals surface area (Å²) in [6, 6.07) is 7.93. The van der Waals surface area contributed by atoms with Crippen molar-refractivity contribution >= 4 is 15.9 Å². The van der Waals surface area contributed by atoms with E-state index in [1.54, 1.807) is 6.92 Å². The summed E-state index contributed by atoms with van der Waals surface area (Å²) in [6.45, 7) is 6.23. The average Bonchev–Trinajstić information content (AvgIpc) is 2.38. The summed E-state index contributed by atoms with van der Waals surface area (Å²) in [7, 11) is 0. The van der Waals surface area contributed by atoms with Gasteiger partial charge >= 0.3 is 0 Å². The first-order chi connectivity index (χ1) is 9.35. The van der Waals surface area contributed by atoms with Crippen LogP contribution in [0.25, 0.3) is 0 Å². The molecule has 0 saturated carbocycles. The molecule has 1 rings (SSSR count). The van der Waals surface area contributed by atoms with Crippen molar-refractivity contribution in [1.29, 1.82) is 5.26 Å². The molecule has 3 nitrogen and oxygen atoms in total. The van der Waals surface area contributed by atoms with Crippen molar-refractivity contribution in [3.63, 3.8) is 0 Å². The third-order valence-corrected chi connectivity index (χ3v) is 3.68. The highest BCUT2D eigenvalue weighted by Gasteiger charge is 2.15. The number of unbranched alkanes of at least 4 members (excludes halogenated alkanes) is 1. The fourth-order valence-corrected chi connectivity index (χ4v) is 2.23. The number of nitrogens with zero attached hydrogens (tertiary/aromatic N) is 1. The number of aliphatic hydroxyl groups is 1. The van der Waals surface area contributed by atoms with Crippen LogP contribution in [0.4, 0.5) is 0 Å². The molecule has 0 aliphatic rings. The van der Waals surface area contributed by atoms with Crippen molar-refractivity contribution in [2.45, 2.75) is 46.1 Å². The maximum atomic E-state index is 9.71. The highest BCUT2D eigenvalue weighted by molar-refractivity contribution is 9.10. The second-order valence-electron chi connectivity index (χ2n) is 5.66. The number of hydrogen-bond donors (Lipinski definition) is 1. The molecule has 1 aromatic carbocycles. The van der Waals surface area contributed by atoms with Gasteiger partial charge in [0.1, 0.15) is 5.75 Å². The molecule has 110 valence electrons. The molecule has 1 unspecified atom stereocenters. The number of rotatable bonds is 7. The summed E-state index contributed by atoms with van der Waals surface area (Å²) >= 11 is 3.41. The number of aliphatic hydroxyl groups excluding tert-OH is 1. The maximum Gasteiger partial charge on any atom is 0.126 e. The predicted molar refractivity (Wildman–Crippen MR) is 83.5 cm³/mol. The third kappa shape index (κ3) is 5.52. The quantitative estimate of drug-likeness (QED) is 0.738. The van der Waals surface area contributed by atoms with Crippen LogP contribution in [0.5, 0.6) is 5.75 Å². The molecule has 0 spiro atoms. The van der Waals surface area contributed by atoms with Gasteiger partial charge in [0, 0.05) is 10.0 Å². The molecule has 0 bridgehead atoms. The van der Waals surface area contributed by atoms with Crippen LogP contribution in [-0.2, 0) is 0 Å². The Morgan fingerprint density at radius 2 is 2.10 bits per heavy atom. The van der Waals surface area contributed by atoms with Gasteiger partial charge in [-0.15, -0.1) is 0 Å². The Labute approximate surface area is 129 Å². The SMILES string of the molecule is CC(O)c1ccc(Br)cc1OCCCCC(C)(C)C#N. The van der Waals surface area contributed by atoms with Gasteiger partial charge in [0.15, 0.2) is 0 Å². The Balaban J connectivity index is 2.46. The zero-order valence-electron chi connectivity index (χ0n) is 12.3. The number of halogens is 1. The van der Waals surface area contributed by atoms with Gasteiger partial charge in [0.05, 0.1) is 24.2 Å². The largest absolute Gasteiger partial charge is 0.493 e. The monoisotopic (exact) mass is 339 g/mol. The van der Waals surface area contributed by atoms with Gasteiger partial charge in [-0.25, -0.2) is 0 Å². The Bertz CT molecular complexity index is 478. The van der Waals surface area contributed by atoms with Gasteiger partial charge in [-0.05, 0) is 52.2 Å².